The summed E-state index contributed by atoms with van der Waals surface area (Å²) in [7, 11) is 0. The Morgan fingerprint density at radius 1 is 0.933 bits per heavy atom. The minimum absolute atomic E-state index is 0.0291. The lowest BCUT2D eigenvalue weighted by atomic mass is 9.95. The summed E-state index contributed by atoms with van der Waals surface area (Å²) in [5.41, 5.74) is 6.38. The predicted molar refractivity (Wildman–Crippen MR) is 122 cm³/mol. The van der Waals surface area contributed by atoms with Crippen molar-refractivity contribution >= 4 is 17.4 Å². The maximum Gasteiger partial charge on any atom is 0.227 e. The number of nitrogens with one attached hydrogen (secondary N) is 1. The number of piperidine rings is 1. The normalized spacial score (nSPS) is 14.6. The van der Waals surface area contributed by atoms with E-state index in [1.807, 2.05) is 37.3 Å². The van der Waals surface area contributed by atoms with Crippen LogP contribution in [0.3, 0.4) is 0 Å². The molecule has 0 unspecified atom stereocenters. The van der Waals surface area contributed by atoms with E-state index in [0.717, 1.165) is 54.3 Å². The maximum atomic E-state index is 12.7. The van der Waals surface area contributed by atoms with Gasteiger partial charge in [0.1, 0.15) is 0 Å². The summed E-state index contributed by atoms with van der Waals surface area (Å²) in [6, 6.07) is 18.4. The quantitative estimate of drug-likeness (QED) is 0.675. The summed E-state index contributed by atoms with van der Waals surface area (Å²) < 4.78 is 0. The summed E-state index contributed by atoms with van der Waals surface area (Å²) in [4.78, 5) is 14.9. The molecule has 154 valence electrons. The average Bonchev–Trinajstić information content (AvgIpc) is 2.76. The van der Waals surface area contributed by atoms with Crippen LogP contribution in [-0.4, -0.2) is 29.2 Å². The SMILES string of the molecule is Cc1cccc(-c2ccc(N3CCC(C(=O)Nc4ccc(C)cc4C)CC3)nn2)c1. The van der Waals surface area contributed by atoms with E-state index >= 15 is 0 Å². The van der Waals surface area contributed by atoms with Gasteiger partial charge in [-0.2, -0.15) is 0 Å². The van der Waals surface area contributed by atoms with Gasteiger partial charge in [-0.25, -0.2) is 0 Å². The van der Waals surface area contributed by atoms with E-state index in [1.54, 1.807) is 0 Å². The number of benzene rings is 2. The Kier molecular flexibility index (Phi) is 5.79. The second-order valence-corrected chi connectivity index (χ2v) is 8.22. The van der Waals surface area contributed by atoms with Crippen LogP contribution in [0.2, 0.25) is 0 Å². The van der Waals surface area contributed by atoms with Crippen LogP contribution in [0.15, 0.2) is 54.6 Å². The molecule has 0 spiro atoms. The molecule has 3 aromatic rings. The van der Waals surface area contributed by atoms with Crippen LogP contribution in [-0.2, 0) is 4.79 Å². The molecule has 5 nitrogen and oxygen atoms in total. The molecule has 1 aromatic heterocycles. The van der Waals surface area contributed by atoms with E-state index in [-0.39, 0.29) is 11.8 Å². The fraction of sp³-hybridized carbons (Fsp3) is 0.320. The molecule has 0 atom stereocenters. The van der Waals surface area contributed by atoms with Crippen LogP contribution in [0, 0.1) is 26.7 Å². The topological polar surface area (TPSA) is 58.1 Å². The lowest BCUT2D eigenvalue weighted by molar-refractivity contribution is -0.120. The lowest BCUT2D eigenvalue weighted by Crippen LogP contribution is -2.38. The van der Waals surface area contributed by atoms with Crippen molar-refractivity contribution in [2.75, 3.05) is 23.3 Å². The zero-order valence-electron chi connectivity index (χ0n) is 17.9. The number of aryl methyl sites for hydroxylation is 3. The monoisotopic (exact) mass is 400 g/mol. The molecular weight excluding hydrogens is 372 g/mol. The van der Waals surface area contributed by atoms with E-state index in [9.17, 15) is 4.79 Å². The first-order chi connectivity index (χ1) is 14.5. The van der Waals surface area contributed by atoms with Gasteiger partial charge in [0, 0.05) is 30.3 Å². The maximum absolute atomic E-state index is 12.7. The molecule has 0 bridgehead atoms. The van der Waals surface area contributed by atoms with E-state index in [4.69, 9.17) is 0 Å². The molecule has 4 rings (SSSR count). The van der Waals surface area contributed by atoms with Gasteiger partial charge in [0.15, 0.2) is 5.82 Å². The van der Waals surface area contributed by atoms with Crippen LogP contribution < -0.4 is 10.2 Å². The summed E-state index contributed by atoms with van der Waals surface area (Å²) in [6.07, 6.45) is 1.64. The predicted octanol–water partition coefficient (Wildman–Crippen LogP) is 4.92. The molecule has 0 aliphatic carbocycles. The number of carbonyl (C=O) groups is 1. The summed E-state index contributed by atoms with van der Waals surface area (Å²) in [6.45, 7) is 7.79. The van der Waals surface area contributed by atoms with Crippen molar-refractivity contribution < 1.29 is 4.79 Å². The first-order valence-electron chi connectivity index (χ1n) is 10.5. The smallest absolute Gasteiger partial charge is 0.227 e. The standard InChI is InChI=1S/C25H28N4O/c1-17-5-4-6-21(16-17)23-9-10-24(28-27-23)29-13-11-20(12-14-29)25(30)26-22-8-7-18(2)15-19(22)3/h4-10,15-16,20H,11-14H2,1-3H3,(H,26,30). The minimum Gasteiger partial charge on any atom is -0.355 e. The molecule has 5 heteroatoms. The van der Waals surface area contributed by atoms with Crippen LogP contribution in [0.5, 0.6) is 0 Å². The lowest BCUT2D eigenvalue weighted by Gasteiger charge is -2.32. The number of anilines is 2. The number of hydrogen-bond donors (Lipinski definition) is 1. The van der Waals surface area contributed by atoms with Crippen molar-refractivity contribution in [3.8, 4) is 11.3 Å². The van der Waals surface area contributed by atoms with Gasteiger partial charge in [-0.1, -0.05) is 41.5 Å². The zero-order valence-corrected chi connectivity index (χ0v) is 17.9. The number of carbonyl (C=O) groups excluding carboxylic acids is 1. The molecule has 1 aliphatic rings. The second kappa shape index (κ2) is 8.66. The summed E-state index contributed by atoms with van der Waals surface area (Å²) in [5, 5.41) is 12.0. The van der Waals surface area contributed by atoms with Crippen LogP contribution in [0.4, 0.5) is 11.5 Å². The van der Waals surface area contributed by atoms with Crippen molar-refractivity contribution in [2.24, 2.45) is 5.92 Å². The summed E-state index contributed by atoms with van der Waals surface area (Å²) >= 11 is 0. The van der Waals surface area contributed by atoms with Crippen molar-refractivity contribution in [1.29, 1.82) is 0 Å². The van der Waals surface area contributed by atoms with Crippen molar-refractivity contribution in [1.82, 2.24) is 10.2 Å². The number of hydrogen-bond acceptors (Lipinski definition) is 4. The third-order valence-corrected chi connectivity index (χ3v) is 5.79. The van der Waals surface area contributed by atoms with E-state index in [2.05, 4.69) is 58.5 Å². The second-order valence-electron chi connectivity index (χ2n) is 8.22. The molecule has 1 N–H and O–H groups in total. The highest BCUT2D eigenvalue weighted by Crippen LogP contribution is 2.25. The highest BCUT2D eigenvalue weighted by molar-refractivity contribution is 5.93. The molecule has 2 aromatic carbocycles. The Bertz CT molecular complexity index is 1040. The molecule has 1 amide bonds. The van der Waals surface area contributed by atoms with Crippen LogP contribution in [0.1, 0.15) is 29.5 Å². The van der Waals surface area contributed by atoms with Gasteiger partial charge in [0.25, 0.3) is 0 Å². The van der Waals surface area contributed by atoms with Gasteiger partial charge in [-0.05, 0) is 63.4 Å². The number of amides is 1. The molecule has 0 radical (unpaired) electrons. The van der Waals surface area contributed by atoms with Crippen molar-refractivity contribution in [2.45, 2.75) is 33.6 Å². The Balaban J connectivity index is 1.35. The van der Waals surface area contributed by atoms with Gasteiger partial charge >= 0.3 is 0 Å². The van der Waals surface area contributed by atoms with Crippen molar-refractivity contribution in [3.05, 3.63) is 71.3 Å². The fourth-order valence-electron chi connectivity index (χ4n) is 4.01. The molecule has 1 fully saturated rings. The largest absolute Gasteiger partial charge is 0.355 e. The van der Waals surface area contributed by atoms with Gasteiger partial charge in [-0.15, -0.1) is 10.2 Å². The third-order valence-electron chi connectivity index (χ3n) is 5.79. The first-order valence-corrected chi connectivity index (χ1v) is 10.5. The summed E-state index contributed by atoms with van der Waals surface area (Å²) in [5.74, 6) is 1.02. The van der Waals surface area contributed by atoms with Crippen LogP contribution in [0.25, 0.3) is 11.3 Å². The first kappa shape index (κ1) is 20.1. The Labute approximate surface area is 178 Å². The fourth-order valence-corrected chi connectivity index (χ4v) is 4.01. The highest BCUT2D eigenvalue weighted by Gasteiger charge is 2.26. The van der Waals surface area contributed by atoms with Crippen LogP contribution >= 0.6 is 0 Å². The molecule has 1 saturated heterocycles. The highest BCUT2D eigenvalue weighted by atomic mass is 16.1. The van der Waals surface area contributed by atoms with Gasteiger partial charge < -0.3 is 10.2 Å². The van der Waals surface area contributed by atoms with Gasteiger partial charge in [0.2, 0.25) is 5.91 Å². The van der Waals surface area contributed by atoms with Gasteiger partial charge in [-0.3, -0.25) is 4.79 Å². The zero-order chi connectivity index (χ0) is 21.1. The molecule has 30 heavy (non-hydrogen) atoms. The van der Waals surface area contributed by atoms with Crippen molar-refractivity contribution in [3.63, 3.8) is 0 Å². The third kappa shape index (κ3) is 4.51. The molecule has 0 saturated carbocycles. The van der Waals surface area contributed by atoms with Gasteiger partial charge in [0.05, 0.1) is 5.69 Å². The molecule has 1 aliphatic heterocycles. The Morgan fingerprint density at radius 3 is 2.37 bits per heavy atom. The number of rotatable bonds is 4. The van der Waals surface area contributed by atoms with E-state index < -0.39 is 0 Å². The number of aromatic nitrogens is 2. The molecule has 2 heterocycles. The Hall–Kier alpha value is -3.21. The van der Waals surface area contributed by atoms with E-state index in [0.29, 0.717) is 0 Å². The minimum atomic E-state index is 0.0291. The van der Waals surface area contributed by atoms with E-state index in [1.165, 1.54) is 11.1 Å². The number of nitrogens with zero attached hydrogens (tertiary/aromatic N) is 3. The Morgan fingerprint density at radius 2 is 1.70 bits per heavy atom. The average molecular weight is 401 g/mol. The molecular formula is C25H28N4O.